The van der Waals surface area contributed by atoms with Gasteiger partial charge in [0.05, 0.1) is 4.92 Å². The number of ether oxygens (including phenoxy) is 2. The summed E-state index contributed by atoms with van der Waals surface area (Å²) >= 11 is 1.68. The first kappa shape index (κ1) is 15.8. The van der Waals surface area contributed by atoms with Gasteiger partial charge in [0.25, 0.3) is 11.6 Å². The number of hydrogen-bond acceptors (Lipinski definition) is 6. The molecule has 0 unspecified atom stereocenters. The Morgan fingerprint density at radius 2 is 1.92 bits per heavy atom. The Hall–Kier alpha value is -2.74. The Labute approximate surface area is 147 Å². The van der Waals surface area contributed by atoms with E-state index in [1.54, 1.807) is 16.7 Å². The second-order valence-corrected chi connectivity index (χ2v) is 6.83. The zero-order valence-electron chi connectivity index (χ0n) is 13.1. The first-order valence-electron chi connectivity index (χ1n) is 7.70. The van der Waals surface area contributed by atoms with Crippen molar-refractivity contribution in [3.05, 3.63) is 63.7 Å². The normalized spacial score (nSPS) is 18.4. The lowest BCUT2D eigenvalue weighted by molar-refractivity contribution is -0.384. The molecule has 0 aliphatic carbocycles. The van der Waals surface area contributed by atoms with E-state index in [2.05, 4.69) is 0 Å². The SMILES string of the molecule is O=C(c1ccc([N+](=O)[O-])cc1)N1CCS[C@@H]1c1ccc2c(c1)OCO2. The van der Waals surface area contributed by atoms with Crippen molar-refractivity contribution in [3.63, 3.8) is 0 Å². The number of hydrogen-bond donors (Lipinski definition) is 0. The number of non-ortho nitro benzene ring substituents is 1. The summed E-state index contributed by atoms with van der Waals surface area (Å²) in [6, 6.07) is 11.4. The van der Waals surface area contributed by atoms with Crippen LogP contribution in [0.4, 0.5) is 5.69 Å². The molecule has 0 radical (unpaired) electrons. The Balaban J connectivity index is 1.58. The zero-order valence-corrected chi connectivity index (χ0v) is 13.9. The topological polar surface area (TPSA) is 81.9 Å². The lowest BCUT2D eigenvalue weighted by Gasteiger charge is -2.24. The van der Waals surface area contributed by atoms with Crippen molar-refractivity contribution in [2.24, 2.45) is 0 Å². The fourth-order valence-electron chi connectivity index (χ4n) is 2.91. The van der Waals surface area contributed by atoms with Gasteiger partial charge in [0.15, 0.2) is 11.5 Å². The molecular formula is C17H14N2O5S. The maximum atomic E-state index is 12.8. The predicted octanol–water partition coefficient (Wildman–Crippen LogP) is 3.21. The smallest absolute Gasteiger partial charge is 0.269 e. The van der Waals surface area contributed by atoms with Crippen molar-refractivity contribution in [1.82, 2.24) is 4.90 Å². The maximum absolute atomic E-state index is 12.8. The molecule has 0 N–H and O–H groups in total. The lowest BCUT2D eigenvalue weighted by atomic mass is 10.1. The molecule has 128 valence electrons. The van der Waals surface area contributed by atoms with E-state index in [0.717, 1.165) is 11.3 Å². The van der Waals surface area contributed by atoms with Crippen LogP contribution < -0.4 is 9.47 Å². The lowest BCUT2D eigenvalue weighted by Crippen LogP contribution is -2.30. The molecule has 7 nitrogen and oxygen atoms in total. The summed E-state index contributed by atoms with van der Waals surface area (Å²) in [6.45, 7) is 0.835. The zero-order chi connectivity index (χ0) is 17.4. The Morgan fingerprint density at radius 3 is 2.68 bits per heavy atom. The van der Waals surface area contributed by atoms with Gasteiger partial charge in [0.1, 0.15) is 5.37 Å². The summed E-state index contributed by atoms with van der Waals surface area (Å²) in [6.07, 6.45) is 0. The Morgan fingerprint density at radius 1 is 1.16 bits per heavy atom. The molecule has 2 aromatic rings. The van der Waals surface area contributed by atoms with Gasteiger partial charge in [0.2, 0.25) is 6.79 Å². The van der Waals surface area contributed by atoms with Gasteiger partial charge in [0, 0.05) is 30.0 Å². The number of carbonyl (C=O) groups is 1. The summed E-state index contributed by atoms with van der Waals surface area (Å²) in [7, 11) is 0. The minimum Gasteiger partial charge on any atom is -0.454 e. The van der Waals surface area contributed by atoms with Crippen LogP contribution in [-0.4, -0.2) is 34.8 Å². The van der Waals surface area contributed by atoms with Crippen LogP contribution in [0.3, 0.4) is 0 Å². The number of amides is 1. The van der Waals surface area contributed by atoms with Crippen molar-refractivity contribution < 1.29 is 19.2 Å². The van der Waals surface area contributed by atoms with Gasteiger partial charge in [-0.3, -0.25) is 14.9 Å². The fraction of sp³-hybridized carbons (Fsp3) is 0.235. The second-order valence-electron chi connectivity index (χ2n) is 5.64. The van der Waals surface area contributed by atoms with Gasteiger partial charge in [-0.1, -0.05) is 6.07 Å². The molecule has 2 aromatic carbocycles. The minimum absolute atomic E-state index is 0.0281. The summed E-state index contributed by atoms with van der Waals surface area (Å²) in [4.78, 5) is 24.9. The van der Waals surface area contributed by atoms with Gasteiger partial charge >= 0.3 is 0 Å². The van der Waals surface area contributed by atoms with Crippen molar-refractivity contribution in [2.75, 3.05) is 19.1 Å². The molecule has 0 spiro atoms. The standard InChI is InChI=1S/C17H14N2O5S/c20-16(11-1-4-13(5-2-11)19(21)22)18-7-8-25-17(18)12-3-6-14-15(9-12)24-10-23-14/h1-6,9,17H,7-8,10H2/t17-/m1/s1. The molecule has 2 aliphatic rings. The van der Waals surface area contributed by atoms with E-state index in [1.807, 2.05) is 18.2 Å². The molecule has 8 heteroatoms. The van der Waals surface area contributed by atoms with E-state index in [-0.39, 0.29) is 23.8 Å². The van der Waals surface area contributed by atoms with Gasteiger partial charge in [-0.2, -0.15) is 0 Å². The highest BCUT2D eigenvalue weighted by atomic mass is 32.2. The molecule has 2 aliphatic heterocycles. The molecule has 1 fully saturated rings. The molecule has 4 rings (SSSR count). The van der Waals surface area contributed by atoms with Crippen LogP contribution in [0.1, 0.15) is 21.3 Å². The summed E-state index contributed by atoms with van der Waals surface area (Å²) < 4.78 is 10.7. The second kappa shape index (κ2) is 6.29. The van der Waals surface area contributed by atoms with E-state index >= 15 is 0 Å². The van der Waals surface area contributed by atoms with Gasteiger partial charge in [-0.05, 0) is 29.8 Å². The fourth-order valence-corrected chi connectivity index (χ4v) is 4.16. The average Bonchev–Trinajstić information content (AvgIpc) is 3.29. The van der Waals surface area contributed by atoms with Crippen molar-refractivity contribution in [3.8, 4) is 11.5 Å². The highest BCUT2D eigenvalue weighted by molar-refractivity contribution is 7.99. The first-order valence-corrected chi connectivity index (χ1v) is 8.75. The number of rotatable bonds is 3. The molecule has 0 saturated carbocycles. The number of fused-ring (bicyclic) bond motifs is 1. The molecule has 1 saturated heterocycles. The van der Waals surface area contributed by atoms with Crippen LogP contribution in [0, 0.1) is 10.1 Å². The van der Waals surface area contributed by atoms with Gasteiger partial charge < -0.3 is 14.4 Å². The Kier molecular flexibility index (Phi) is 3.96. The van der Waals surface area contributed by atoms with E-state index in [9.17, 15) is 14.9 Å². The van der Waals surface area contributed by atoms with Gasteiger partial charge in [-0.25, -0.2) is 0 Å². The van der Waals surface area contributed by atoms with Crippen molar-refractivity contribution >= 4 is 23.4 Å². The van der Waals surface area contributed by atoms with Crippen LogP contribution in [0.2, 0.25) is 0 Å². The molecule has 2 heterocycles. The number of thioether (sulfide) groups is 1. The summed E-state index contributed by atoms with van der Waals surface area (Å²) in [5.41, 5.74) is 1.39. The van der Waals surface area contributed by atoms with E-state index in [1.165, 1.54) is 24.3 Å². The molecule has 0 bridgehead atoms. The number of nitro groups is 1. The van der Waals surface area contributed by atoms with E-state index < -0.39 is 4.92 Å². The third-order valence-corrected chi connectivity index (χ3v) is 5.42. The molecule has 1 amide bonds. The average molecular weight is 358 g/mol. The largest absolute Gasteiger partial charge is 0.454 e. The number of nitro benzene ring substituents is 1. The summed E-state index contributed by atoms with van der Waals surface area (Å²) in [5.74, 6) is 2.09. The van der Waals surface area contributed by atoms with Crippen LogP contribution in [0.15, 0.2) is 42.5 Å². The monoisotopic (exact) mass is 358 g/mol. The Bertz CT molecular complexity index is 839. The van der Waals surface area contributed by atoms with E-state index in [4.69, 9.17) is 9.47 Å². The quantitative estimate of drug-likeness (QED) is 0.619. The third kappa shape index (κ3) is 2.89. The number of benzene rings is 2. The predicted molar refractivity (Wildman–Crippen MR) is 91.9 cm³/mol. The van der Waals surface area contributed by atoms with Crippen LogP contribution in [0.5, 0.6) is 11.5 Å². The van der Waals surface area contributed by atoms with E-state index in [0.29, 0.717) is 23.6 Å². The third-order valence-electron chi connectivity index (χ3n) is 4.16. The van der Waals surface area contributed by atoms with Crippen LogP contribution in [0.25, 0.3) is 0 Å². The highest BCUT2D eigenvalue weighted by Gasteiger charge is 2.32. The van der Waals surface area contributed by atoms with Crippen molar-refractivity contribution in [1.29, 1.82) is 0 Å². The van der Waals surface area contributed by atoms with Crippen molar-refractivity contribution in [2.45, 2.75) is 5.37 Å². The molecular weight excluding hydrogens is 344 g/mol. The maximum Gasteiger partial charge on any atom is 0.269 e. The molecule has 0 aromatic heterocycles. The van der Waals surface area contributed by atoms with Crippen LogP contribution >= 0.6 is 11.8 Å². The minimum atomic E-state index is -0.477. The first-order chi connectivity index (χ1) is 12.1. The van der Waals surface area contributed by atoms with Gasteiger partial charge in [-0.15, -0.1) is 11.8 Å². The molecule has 25 heavy (non-hydrogen) atoms. The number of carbonyl (C=O) groups excluding carboxylic acids is 1. The number of nitrogens with zero attached hydrogens (tertiary/aromatic N) is 2. The molecule has 1 atom stereocenters. The summed E-state index contributed by atoms with van der Waals surface area (Å²) in [5, 5.41) is 10.6. The highest BCUT2D eigenvalue weighted by Crippen LogP contribution is 2.42. The van der Waals surface area contributed by atoms with Crippen LogP contribution in [-0.2, 0) is 0 Å².